The van der Waals surface area contributed by atoms with Gasteiger partial charge in [0.2, 0.25) is 0 Å². The second-order valence-corrected chi connectivity index (χ2v) is 7.29. The van der Waals surface area contributed by atoms with E-state index < -0.39 is 11.5 Å². The van der Waals surface area contributed by atoms with Gasteiger partial charge in [-0.2, -0.15) is 0 Å². The van der Waals surface area contributed by atoms with E-state index in [0.717, 1.165) is 0 Å². The zero-order chi connectivity index (χ0) is 20.4. The molecule has 1 spiro atoms. The van der Waals surface area contributed by atoms with Gasteiger partial charge in [-0.25, -0.2) is 5.48 Å². The van der Waals surface area contributed by atoms with Crippen LogP contribution in [0, 0.1) is 0 Å². The largest absolute Gasteiger partial charge is 0.484 e. The first-order valence-electron chi connectivity index (χ1n) is 9.32. The van der Waals surface area contributed by atoms with Gasteiger partial charge in [0, 0.05) is 24.6 Å². The third-order valence-corrected chi connectivity index (χ3v) is 5.27. The topological polar surface area (TPSA) is 95.9 Å². The first-order chi connectivity index (χ1) is 14.0. The zero-order valence-electron chi connectivity index (χ0n) is 15.6. The maximum absolute atomic E-state index is 12.8. The average molecular weight is 392 g/mol. The smallest absolute Gasteiger partial charge is 0.267 e. The normalized spacial score (nSPS) is 20.6. The molecule has 0 saturated carbocycles. The molecule has 4 rings (SSSR count). The third kappa shape index (κ3) is 3.77. The highest BCUT2D eigenvalue weighted by molar-refractivity contribution is 6.01. The Morgan fingerprint density at radius 2 is 1.97 bits per heavy atom. The Morgan fingerprint density at radius 3 is 2.72 bits per heavy atom. The number of nitrogens with zero attached hydrogens (tertiary/aromatic N) is 1. The lowest BCUT2D eigenvalue weighted by Gasteiger charge is -2.34. The number of carbonyl (C=O) groups is 3. The third-order valence-electron chi connectivity index (χ3n) is 5.27. The molecule has 2 aromatic carbocycles. The van der Waals surface area contributed by atoms with Crippen LogP contribution >= 0.6 is 0 Å². The summed E-state index contributed by atoms with van der Waals surface area (Å²) < 4.78 is 6.21. The van der Waals surface area contributed by atoms with Gasteiger partial charge in [-0.05, 0) is 35.9 Å². The summed E-state index contributed by atoms with van der Waals surface area (Å²) in [5.41, 5.74) is 2.53. The first kappa shape index (κ1) is 18.9. The molecule has 1 fully saturated rings. The number of hydrogen-bond acceptors (Lipinski definition) is 5. The minimum Gasteiger partial charge on any atom is -0.484 e. The molecule has 2 aliphatic heterocycles. The Hall–Kier alpha value is -3.45. The Balaban J connectivity index is 1.52. The van der Waals surface area contributed by atoms with Gasteiger partial charge in [-0.1, -0.05) is 24.3 Å². The Kier molecular flexibility index (Phi) is 4.90. The summed E-state index contributed by atoms with van der Waals surface area (Å²) in [4.78, 5) is 38.4. The second-order valence-electron chi connectivity index (χ2n) is 7.29. The first-order valence-corrected chi connectivity index (χ1v) is 9.32. The number of hydroxylamine groups is 1. The van der Waals surface area contributed by atoms with Crippen molar-refractivity contribution in [1.29, 1.82) is 0 Å². The molecule has 148 valence electrons. The van der Waals surface area contributed by atoms with Crippen LogP contribution in [0.1, 0.15) is 39.1 Å². The molecule has 0 radical (unpaired) electrons. The summed E-state index contributed by atoms with van der Waals surface area (Å²) in [6.45, 7) is 0.900. The van der Waals surface area contributed by atoms with Gasteiger partial charge in [0.25, 0.3) is 11.8 Å². The van der Waals surface area contributed by atoms with Gasteiger partial charge >= 0.3 is 0 Å². The number of Topliss-reactive ketones (excluding diaryl/α,β-unsaturated/α-hetero) is 1. The predicted octanol–water partition coefficient (Wildman–Crippen LogP) is 2.46. The number of likely N-dealkylation sites (tertiary alicyclic amines) is 1. The van der Waals surface area contributed by atoms with Crippen LogP contribution in [0.2, 0.25) is 0 Å². The van der Waals surface area contributed by atoms with Crippen molar-refractivity contribution in [1.82, 2.24) is 10.4 Å². The molecule has 2 aliphatic rings. The number of amides is 2. The number of fused-ring (bicyclic) bond motifs is 1. The number of carbonyl (C=O) groups excluding carboxylic acids is 3. The molecule has 0 bridgehead atoms. The number of benzene rings is 2. The lowest BCUT2D eigenvalue weighted by molar-refractivity contribution is -0.124. The number of nitrogens with one attached hydrogen (secondary N) is 1. The Labute approximate surface area is 167 Å². The number of hydrogen-bond donors (Lipinski definition) is 2. The van der Waals surface area contributed by atoms with E-state index in [2.05, 4.69) is 0 Å². The van der Waals surface area contributed by atoms with E-state index in [1.165, 1.54) is 17.6 Å². The highest BCUT2D eigenvalue weighted by Gasteiger charge is 2.47. The van der Waals surface area contributed by atoms with E-state index in [9.17, 15) is 14.4 Å². The fourth-order valence-electron chi connectivity index (χ4n) is 3.83. The van der Waals surface area contributed by atoms with Crippen LogP contribution < -0.4 is 10.2 Å². The molecule has 2 heterocycles. The van der Waals surface area contributed by atoms with Crippen LogP contribution in [0.25, 0.3) is 6.08 Å². The molecule has 0 aromatic heterocycles. The maximum atomic E-state index is 12.8. The lowest BCUT2D eigenvalue weighted by Crippen LogP contribution is -2.45. The molecule has 1 atom stereocenters. The van der Waals surface area contributed by atoms with Gasteiger partial charge in [-0.15, -0.1) is 0 Å². The van der Waals surface area contributed by atoms with E-state index in [0.29, 0.717) is 42.0 Å². The van der Waals surface area contributed by atoms with Gasteiger partial charge < -0.3 is 9.64 Å². The minimum atomic E-state index is -0.706. The summed E-state index contributed by atoms with van der Waals surface area (Å²) >= 11 is 0. The van der Waals surface area contributed by atoms with E-state index >= 15 is 0 Å². The minimum absolute atomic E-state index is 0.0536. The SMILES string of the molecule is O=C(/C=C/c1ccc2c(c1)C(=O)CC1(CCN(C(=O)c3ccccc3)C1)O2)NO. The molecule has 29 heavy (non-hydrogen) atoms. The highest BCUT2D eigenvalue weighted by atomic mass is 16.5. The summed E-state index contributed by atoms with van der Waals surface area (Å²) in [6, 6.07) is 14.2. The van der Waals surface area contributed by atoms with Gasteiger partial charge in [0.1, 0.15) is 11.4 Å². The highest BCUT2D eigenvalue weighted by Crippen LogP contribution is 2.39. The fraction of sp³-hybridized carbons (Fsp3) is 0.227. The van der Waals surface area contributed by atoms with E-state index in [-0.39, 0.29) is 18.1 Å². The van der Waals surface area contributed by atoms with Crippen LogP contribution in [-0.4, -0.2) is 46.4 Å². The van der Waals surface area contributed by atoms with Crippen LogP contribution in [0.15, 0.2) is 54.6 Å². The molecular weight excluding hydrogens is 372 g/mol. The van der Waals surface area contributed by atoms with Crippen LogP contribution in [0.3, 0.4) is 0 Å². The summed E-state index contributed by atoms with van der Waals surface area (Å²) in [5.74, 6) is -0.286. The van der Waals surface area contributed by atoms with Crippen LogP contribution in [0.4, 0.5) is 0 Å². The van der Waals surface area contributed by atoms with Crippen molar-refractivity contribution in [3.8, 4) is 5.75 Å². The fourth-order valence-corrected chi connectivity index (χ4v) is 3.83. The molecule has 1 saturated heterocycles. The molecule has 7 heteroatoms. The number of ketones is 1. The van der Waals surface area contributed by atoms with Crippen molar-refractivity contribution in [3.63, 3.8) is 0 Å². The quantitative estimate of drug-likeness (QED) is 0.475. The van der Waals surface area contributed by atoms with Crippen LogP contribution in [0.5, 0.6) is 5.75 Å². The van der Waals surface area contributed by atoms with Crippen molar-refractivity contribution in [2.45, 2.75) is 18.4 Å². The van der Waals surface area contributed by atoms with E-state index in [4.69, 9.17) is 9.94 Å². The summed E-state index contributed by atoms with van der Waals surface area (Å²) in [5, 5.41) is 8.55. The Morgan fingerprint density at radius 1 is 1.17 bits per heavy atom. The number of rotatable bonds is 3. The summed E-state index contributed by atoms with van der Waals surface area (Å²) in [6.07, 6.45) is 3.46. The van der Waals surface area contributed by atoms with Crippen molar-refractivity contribution >= 4 is 23.7 Å². The number of ether oxygens (including phenoxy) is 1. The monoisotopic (exact) mass is 392 g/mol. The molecule has 2 aromatic rings. The average Bonchev–Trinajstić information content (AvgIpc) is 3.15. The molecule has 7 nitrogen and oxygen atoms in total. The van der Waals surface area contributed by atoms with Gasteiger partial charge in [-0.3, -0.25) is 19.6 Å². The Bertz CT molecular complexity index is 1000. The zero-order valence-corrected chi connectivity index (χ0v) is 15.6. The molecule has 2 amide bonds. The van der Waals surface area contributed by atoms with Gasteiger partial charge in [0.05, 0.1) is 18.5 Å². The molecular formula is C22H20N2O5. The maximum Gasteiger partial charge on any atom is 0.267 e. The van der Waals surface area contributed by atoms with Crippen molar-refractivity contribution in [2.75, 3.05) is 13.1 Å². The standard InChI is InChI=1S/C22H20N2O5/c25-18-13-22(10-11-24(14-22)21(27)16-4-2-1-3-5-16)29-19-8-6-15(12-17(18)19)7-9-20(26)23-28/h1-9,12,28H,10-11,13-14H2,(H,23,26)/b9-7+. The second kappa shape index (κ2) is 7.52. The summed E-state index contributed by atoms with van der Waals surface area (Å²) in [7, 11) is 0. The van der Waals surface area contributed by atoms with Crippen molar-refractivity contribution in [3.05, 3.63) is 71.3 Å². The molecule has 2 N–H and O–H groups in total. The van der Waals surface area contributed by atoms with Crippen molar-refractivity contribution < 1.29 is 24.3 Å². The predicted molar refractivity (Wildman–Crippen MR) is 105 cm³/mol. The van der Waals surface area contributed by atoms with E-state index in [1.807, 2.05) is 18.2 Å². The molecule has 0 aliphatic carbocycles. The van der Waals surface area contributed by atoms with Crippen molar-refractivity contribution in [2.24, 2.45) is 0 Å². The molecule has 1 unspecified atom stereocenters. The van der Waals surface area contributed by atoms with Gasteiger partial charge in [0.15, 0.2) is 5.78 Å². The van der Waals surface area contributed by atoms with E-state index in [1.54, 1.807) is 35.2 Å². The van der Waals surface area contributed by atoms with Crippen LogP contribution in [-0.2, 0) is 4.79 Å². The lowest BCUT2D eigenvalue weighted by atomic mass is 9.88.